The molecule has 126 valence electrons. The minimum Gasteiger partial charge on any atom is -0.444 e. The zero-order valence-electron chi connectivity index (χ0n) is 14.3. The molecule has 0 aromatic rings. The van der Waals surface area contributed by atoms with E-state index >= 15 is 0 Å². The molecule has 0 spiro atoms. The Balaban J connectivity index is 1.64. The van der Waals surface area contributed by atoms with Crippen molar-refractivity contribution in [1.82, 2.24) is 15.1 Å². The Labute approximate surface area is 134 Å². The van der Waals surface area contributed by atoms with Crippen LogP contribution in [0.5, 0.6) is 0 Å². The number of amides is 1. The first-order chi connectivity index (χ1) is 10.4. The van der Waals surface area contributed by atoms with Gasteiger partial charge >= 0.3 is 6.09 Å². The van der Waals surface area contributed by atoms with Gasteiger partial charge in [0, 0.05) is 37.8 Å². The number of carbonyl (C=O) groups excluding carboxylic acids is 1. The van der Waals surface area contributed by atoms with E-state index in [0.717, 1.165) is 51.5 Å². The van der Waals surface area contributed by atoms with Crippen LogP contribution in [0, 0.1) is 0 Å². The summed E-state index contributed by atoms with van der Waals surface area (Å²) in [5, 5.41) is 3.39. The van der Waals surface area contributed by atoms with Gasteiger partial charge in [-0.2, -0.15) is 0 Å². The van der Waals surface area contributed by atoms with Gasteiger partial charge in [0.2, 0.25) is 0 Å². The summed E-state index contributed by atoms with van der Waals surface area (Å²) in [6.45, 7) is 10.0. The highest BCUT2D eigenvalue weighted by atomic mass is 16.6. The number of hydrogen-bond donors (Lipinski definition) is 1. The summed E-state index contributed by atoms with van der Waals surface area (Å²) in [5.41, 5.74) is -0.421. The molecule has 0 aromatic carbocycles. The summed E-state index contributed by atoms with van der Waals surface area (Å²) in [7, 11) is 0. The van der Waals surface area contributed by atoms with Crippen molar-refractivity contribution in [2.75, 3.05) is 26.2 Å². The number of nitrogens with one attached hydrogen (secondary N) is 1. The average molecular weight is 309 g/mol. The fraction of sp³-hybridized carbons (Fsp3) is 0.941. The van der Waals surface area contributed by atoms with Gasteiger partial charge in [0.25, 0.3) is 0 Å². The molecule has 1 aliphatic carbocycles. The number of likely N-dealkylation sites (tertiary alicyclic amines) is 1. The van der Waals surface area contributed by atoms with Crippen LogP contribution in [-0.4, -0.2) is 65.8 Å². The first-order valence-corrected chi connectivity index (χ1v) is 8.90. The molecular formula is C17H31N3O2. The predicted octanol–water partition coefficient (Wildman–Crippen LogP) is 2.21. The van der Waals surface area contributed by atoms with E-state index in [-0.39, 0.29) is 6.09 Å². The molecule has 3 fully saturated rings. The first-order valence-electron chi connectivity index (χ1n) is 8.90. The standard InChI is InChI=1S/C17H31N3O2/c1-17(2,3)22-16(21)20(15-6-9-18-12-15)14-7-10-19(11-8-14)13-4-5-13/h13-15,18H,4-12H2,1-3H3/t15-/m0/s1. The van der Waals surface area contributed by atoms with Crippen molar-refractivity contribution in [2.45, 2.75) is 76.6 Å². The largest absolute Gasteiger partial charge is 0.444 e. The van der Waals surface area contributed by atoms with Crippen LogP contribution >= 0.6 is 0 Å². The van der Waals surface area contributed by atoms with Crippen molar-refractivity contribution in [3.8, 4) is 0 Å². The third-order valence-corrected chi connectivity index (χ3v) is 4.99. The Morgan fingerprint density at radius 1 is 1.09 bits per heavy atom. The van der Waals surface area contributed by atoms with E-state index in [1.54, 1.807) is 0 Å². The van der Waals surface area contributed by atoms with E-state index in [4.69, 9.17) is 4.74 Å². The lowest BCUT2D eigenvalue weighted by molar-refractivity contribution is -0.00254. The number of piperidine rings is 1. The van der Waals surface area contributed by atoms with Crippen LogP contribution in [0.1, 0.15) is 52.9 Å². The van der Waals surface area contributed by atoms with E-state index in [2.05, 4.69) is 15.1 Å². The summed E-state index contributed by atoms with van der Waals surface area (Å²) in [5.74, 6) is 0. The second-order valence-electron chi connectivity index (χ2n) is 8.03. The van der Waals surface area contributed by atoms with E-state index in [0.29, 0.717) is 12.1 Å². The molecule has 2 saturated heterocycles. The Hall–Kier alpha value is -0.810. The maximum absolute atomic E-state index is 12.7. The van der Waals surface area contributed by atoms with Crippen molar-refractivity contribution in [3.05, 3.63) is 0 Å². The molecule has 2 aliphatic heterocycles. The Bertz CT molecular complexity index is 389. The molecule has 3 rings (SSSR count). The van der Waals surface area contributed by atoms with Gasteiger partial charge < -0.3 is 19.9 Å². The molecule has 2 heterocycles. The van der Waals surface area contributed by atoms with E-state index < -0.39 is 5.60 Å². The van der Waals surface area contributed by atoms with E-state index in [9.17, 15) is 4.79 Å². The lowest BCUT2D eigenvalue weighted by Crippen LogP contribution is -2.53. The third-order valence-electron chi connectivity index (χ3n) is 4.99. The zero-order valence-corrected chi connectivity index (χ0v) is 14.3. The molecule has 1 N–H and O–H groups in total. The molecule has 22 heavy (non-hydrogen) atoms. The van der Waals surface area contributed by atoms with Gasteiger partial charge in [0.15, 0.2) is 0 Å². The van der Waals surface area contributed by atoms with Crippen molar-refractivity contribution in [1.29, 1.82) is 0 Å². The van der Waals surface area contributed by atoms with Gasteiger partial charge in [-0.15, -0.1) is 0 Å². The van der Waals surface area contributed by atoms with Gasteiger partial charge in [0.1, 0.15) is 5.60 Å². The number of hydrogen-bond acceptors (Lipinski definition) is 4. The normalized spacial score (nSPS) is 27.9. The monoisotopic (exact) mass is 309 g/mol. The van der Waals surface area contributed by atoms with Crippen LogP contribution in [0.3, 0.4) is 0 Å². The minimum atomic E-state index is -0.421. The fourth-order valence-corrected chi connectivity index (χ4v) is 3.76. The minimum absolute atomic E-state index is 0.119. The second kappa shape index (κ2) is 6.36. The maximum Gasteiger partial charge on any atom is 0.410 e. The molecule has 3 aliphatic rings. The summed E-state index contributed by atoms with van der Waals surface area (Å²) in [4.78, 5) is 17.4. The van der Waals surface area contributed by atoms with Gasteiger partial charge in [-0.1, -0.05) is 0 Å². The molecule has 5 nitrogen and oxygen atoms in total. The molecule has 1 saturated carbocycles. The van der Waals surface area contributed by atoms with Gasteiger partial charge in [-0.05, 0) is 59.4 Å². The number of ether oxygens (including phenoxy) is 1. The van der Waals surface area contributed by atoms with Crippen molar-refractivity contribution < 1.29 is 9.53 Å². The second-order valence-corrected chi connectivity index (χ2v) is 8.03. The zero-order chi connectivity index (χ0) is 15.7. The fourth-order valence-electron chi connectivity index (χ4n) is 3.76. The van der Waals surface area contributed by atoms with Crippen LogP contribution in [0.4, 0.5) is 4.79 Å². The highest BCUT2D eigenvalue weighted by Crippen LogP contribution is 2.31. The third kappa shape index (κ3) is 3.93. The van der Waals surface area contributed by atoms with Gasteiger partial charge in [-0.25, -0.2) is 4.79 Å². The summed E-state index contributed by atoms with van der Waals surface area (Å²) in [6.07, 6.45) is 5.84. The van der Waals surface area contributed by atoms with Crippen LogP contribution in [0.25, 0.3) is 0 Å². The van der Waals surface area contributed by atoms with E-state index in [1.807, 2.05) is 20.8 Å². The van der Waals surface area contributed by atoms with Gasteiger partial charge in [-0.3, -0.25) is 0 Å². The van der Waals surface area contributed by atoms with Crippen molar-refractivity contribution in [2.24, 2.45) is 0 Å². The average Bonchev–Trinajstić information content (AvgIpc) is 3.15. The van der Waals surface area contributed by atoms with Crippen LogP contribution in [0.2, 0.25) is 0 Å². The molecular weight excluding hydrogens is 278 g/mol. The molecule has 0 bridgehead atoms. The SMILES string of the molecule is CC(C)(C)OC(=O)N(C1CCN(C2CC2)CC1)[C@H]1CCNC1. The molecule has 0 unspecified atom stereocenters. The highest BCUT2D eigenvalue weighted by Gasteiger charge is 2.39. The number of nitrogens with zero attached hydrogens (tertiary/aromatic N) is 2. The first kappa shape index (κ1) is 16.1. The smallest absolute Gasteiger partial charge is 0.410 e. The predicted molar refractivity (Wildman–Crippen MR) is 87.0 cm³/mol. The van der Waals surface area contributed by atoms with Crippen molar-refractivity contribution in [3.63, 3.8) is 0 Å². The maximum atomic E-state index is 12.7. The lowest BCUT2D eigenvalue weighted by atomic mass is 10.0. The van der Waals surface area contributed by atoms with Crippen LogP contribution in [-0.2, 0) is 4.74 Å². The topological polar surface area (TPSA) is 44.8 Å². The number of rotatable bonds is 3. The highest BCUT2D eigenvalue weighted by molar-refractivity contribution is 5.69. The van der Waals surface area contributed by atoms with E-state index in [1.165, 1.54) is 12.8 Å². The summed E-state index contributed by atoms with van der Waals surface area (Å²) < 4.78 is 5.70. The molecule has 5 heteroatoms. The quantitative estimate of drug-likeness (QED) is 0.868. The molecule has 0 radical (unpaired) electrons. The summed E-state index contributed by atoms with van der Waals surface area (Å²) >= 11 is 0. The van der Waals surface area contributed by atoms with Crippen molar-refractivity contribution >= 4 is 6.09 Å². The lowest BCUT2D eigenvalue weighted by Gasteiger charge is -2.41. The van der Waals surface area contributed by atoms with Gasteiger partial charge in [0.05, 0.1) is 0 Å². The molecule has 0 aromatic heterocycles. The molecule has 1 atom stereocenters. The van der Waals surface area contributed by atoms with Crippen LogP contribution in [0.15, 0.2) is 0 Å². The van der Waals surface area contributed by atoms with Crippen LogP contribution < -0.4 is 5.32 Å². The Morgan fingerprint density at radius 3 is 2.27 bits per heavy atom. The summed E-state index contributed by atoms with van der Waals surface area (Å²) in [6, 6.07) is 1.48. The number of carbonyl (C=O) groups is 1. The Kier molecular flexibility index (Phi) is 4.64. The molecule has 1 amide bonds. The Morgan fingerprint density at radius 2 is 1.77 bits per heavy atom.